The van der Waals surface area contributed by atoms with Crippen LogP contribution in [0, 0.1) is 5.92 Å². The number of aliphatic hydroxyl groups is 1. The molecule has 1 unspecified atom stereocenters. The fourth-order valence-corrected chi connectivity index (χ4v) is 3.13. The molecule has 1 aliphatic heterocycles. The van der Waals surface area contributed by atoms with Gasteiger partial charge in [0.05, 0.1) is 6.10 Å². The third kappa shape index (κ3) is 5.40. The first-order valence-electron chi connectivity index (χ1n) is 8.16. The Labute approximate surface area is 143 Å². The second kappa shape index (κ2) is 7.54. The Morgan fingerprint density at radius 1 is 1.35 bits per heavy atom. The van der Waals surface area contributed by atoms with Gasteiger partial charge < -0.3 is 14.7 Å². The number of piperidine rings is 1. The molecule has 1 N–H and O–H groups in total. The van der Waals surface area contributed by atoms with E-state index in [2.05, 4.69) is 0 Å². The van der Waals surface area contributed by atoms with Crippen molar-refractivity contribution in [2.24, 2.45) is 5.92 Å². The van der Waals surface area contributed by atoms with Crippen molar-refractivity contribution in [3.05, 3.63) is 34.9 Å². The number of amides is 1. The third-order valence-electron chi connectivity index (χ3n) is 4.09. The highest BCUT2D eigenvalue weighted by atomic mass is 35.5. The molecule has 0 bridgehead atoms. The fraction of sp³-hybridized carbons (Fsp3) is 0.611. The van der Waals surface area contributed by atoms with Crippen molar-refractivity contribution in [1.82, 2.24) is 4.90 Å². The number of carbonyl (C=O) groups is 1. The first kappa shape index (κ1) is 18.1. The summed E-state index contributed by atoms with van der Waals surface area (Å²) in [5.74, 6) is 0.389. The fourth-order valence-electron chi connectivity index (χ4n) is 2.87. The van der Waals surface area contributed by atoms with Crippen LogP contribution >= 0.6 is 11.6 Å². The number of halogens is 1. The molecule has 4 nitrogen and oxygen atoms in total. The molecule has 1 aromatic rings. The van der Waals surface area contributed by atoms with Crippen LogP contribution in [-0.4, -0.2) is 34.8 Å². The Morgan fingerprint density at radius 3 is 2.52 bits per heavy atom. The van der Waals surface area contributed by atoms with Crippen LogP contribution in [0.5, 0.6) is 0 Å². The number of ether oxygens (including phenoxy) is 1. The summed E-state index contributed by atoms with van der Waals surface area (Å²) in [4.78, 5) is 13.8. The van der Waals surface area contributed by atoms with E-state index < -0.39 is 11.7 Å². The highest BCUT2D eigenvalue weighted by Crippen LogP contribution is 2.31. The van der Waals surface area contributed by atoms with E-state index in [0.717, 1.165) is 18.4 Å². The predicted molar refractivity (Wildman–Crippen MR) is 91.6 cm³/mol. The van der Waals surface area contributed by atoms with Gasteiger partial charge >= 0.3 is 6.09 Å². The lowest BCUT2D eigenvalue weighted by molar-refractivity contribution is 0.0161. The topological polar surface area (TPSA) is 49.8 Å². The average Bonchev–Trinajstić information content (AvgIpc) is 2.46. The van der Waals surface area contributed by atoms with Gasteiger partial charge in [0.25, 0.3) is 0 Å². The summed E-state index contributed by atoms with van der Waals surface area (Å²) in [5.41, 5.74) is 0.317. The van der Waals surface area contributed by atoms with Gasteiger partial charge in [-0.2, -0.15) is 0 Å². The molecule has 1 heterocycles. The van der Waals surface area contributed by atoms with Crippen LogP contribution in [0.1, 0.15) is 51.7 Å². The second-order valence-corrected chi connectivity index (χ2v) is 7.59. The number of hydrogen-bond donors (Lipinski definition) is 1. The van der Waals surface area contributed by atoms with Gasteiger partial charge in [0.2, 0.25) is 0 Å². The maximum Gasteiger partial charge on any atom is 0.410 e. The summed E-state index contributed by atoms with van der Waals surface area (Å²) in [5, 5.41) is 11.0. The van der Waals surface area contributed by atoms with E-state index in [1.165, 1.54) is 0 Å². The number of carbonyl (C=O) groups excluding carboxylic acids is 1. The lowest BCUT2D eigenvalue weighted by atomic mass is 9.89. The zero-order chi connectivity index (χ0) is 17.0. The molecule has 1 aromatic carbocycles. The van der Waals surface area contributed by atoms with E-state index in [9.17, 15) is 9.90 Å². The van der Waals surface area contributed by atoms with Crippen LogP contribution < -0.4 is 0 Å². The zero-order valence-corrected chi connectivity index (χ0v) is 14.8. The average molecular weight is 340 g/mol. The summed E-state index contributed by atoms with van der Waals surface area (Å²) < 4.78 is 5.40. The van der Waals surface area contributed by atoms with Crippen LogP contribution in [0.25, 0.3) is 0 Å². The van der Waals surface area contributed by atoms with E-state index in [-0.39, 0.29) is 6.09 Å². The molecule has 1 aliphatic rings. The largest absolute Gasteiger partial charge is 0.444 e. The molecule has 2 rings (SSSR count). The molecule has 23 heavy (non-hydrogen) atoms. The minimum absolute atomic E-state index is 0.248. The third-order valence-corrected chi connectivity index (χ3v) is 4.43. The number of benzene rings is 1. The standard InChI is InChI=1S/C18H26ClNO3/c1-18(2,3)23-17(22)20-10-8-13(9-11-20)12-16(21)14-6-4-5-7-15(14)19/h4-7,13,16,21H,8-12H2,1-3H3. The lowest BCUT2D eigenvalue weighted by Crippen LogP contribution is -2.41. The highest BCUT2D eigenvalue weighted by molar-refractivity contribution is 6.31. The summed E-state index contributed by atoms with van der Waals surface area (Å²) in [7, 11) is 0. The van der Waals surface area contributed by atoms with Crippen molar-refractivity contribution in [2.45, 2.75) is 51.7 Å². The SMILES string of the molecule is CC(C)(C)OC(=O)N1CCC(CC(O)c2ccccc2Cl)CC1. The van der Waals surface area contributed by atoms with Crippen LogP contribution in [0.3, 0.4) is 0 Å². The zero-order valence-electron chi connectivity index (χ0n) is 14.1. The van der Waals surface area contributed by atoms with Gasteiger partial charge in [0.15, 0.2) is 0 Å². The first-order chi connectivity index (χ1) is 10.8. The molecular formula is C18H26ClNO3. The molecule has 0 aromatic heterocycles. The van der Waals surface area contributed by atoms with E-state index >= 15 is 0 Å². The number of hydrogen-bond acceptors (Lipinski definition) is 3. The van der Waals surface area contributed by atoms with Crippen molar-refractivity contribution in [1.29, 1.82) is 0 Å². The molecule has 0 spiro atoms. The molecule has 0 radical (unpaired) electrons. The first-order valence-corrected chi connectivity index (χ1v) is 8.54. The van der Waals surface area contributed by atoms with Crippen LogP contribution in [0.15, 0.2) is 24.3 Å². The minimum atomic E-state index is -0.554. The van der Waals surface area contributed by atoms with E-state index in [1.807, 2.05) is 39.0 Å². The van der Waals surface area contributed by atoms with E-state index in [0.29, 0.717) is 30.5 Å². The smallest absolute Gasteiger partial charge is 0.410 e. The van der Waals surface area contributed by atoms with Gasteiger partial charge in [-0.25, -0.2) is 4.79 Å². The molecule has 1 atom stereocenters. The Morgan fingerprint density at radius 2 is 1.96 bits per heavy atom. The predicted octanol–water partition coefficient (Wildman–Crippen LogP) is 4.41. The molecule has 0 saturated carbocycles. The van der Waals surface area contributed by atoms with Crippen molar-refractivity contribution >= 4 is 17.7 Å². The maximum absolute atomic E-state index is 12.0. The van der Waals surface area contributed by atoms with E-state index in [1.54, 1.807) is 11.0 Å². The number of rotatable bonds is 3. The maximum atomic E-state index is 12.0. The Hall–Kier alpha value is -1.26. The summed E-state index contributed by atoms with van der Waals surface area (Å²) in [6, 6.07) is 7.40. The number of nitrogens with zero attached hydrogens (tertiary/aromatic N) is 1. The van der Waals surface area contributed by atoms with Gasteiger partial charge in [-0.1, -0.05) is 29.8 Å². The number of likely N-dealkylation sites (tertiary alicyclic amines) is 1. The van der Waals surface area contributed by atoms with Gasteiger partial charge in [0, 0.05) is 18.1 Å². The van der Waals surface area contributed by atoms with Crippen molar-refractivity contribution in [3.8, 4) is 0 Å². The molecule has 1 amide bonds. The van der Waals surface area contributed by atoms with Crippen molar-refractivity contribution in [2.75, 3.05) is 13.1 Å². The summed E-state index contributed by atoms with van der Waals surface area (Å²) >= 11 is 6.13. The van der Waals surface area contributed by atoms with E-state index in [4.69, 9.17) is 16.3 Å². The monoisotopic (exact) mass is 339 g/mol. The quantitative estimate of drug-likeness (QED) is 0.887. The molecular weight excluding hydrogens is 314 g/mol. The number of aliphatic hydroxyl groups excluding tert-OH is 1. The summed E-state index contributed by atoms with van der Waals surface area (Å²) in [6.45, 7) is 6.97. The Balaban J connectivity index is 1.83. The lowest BCUT2D eigenvalue weighted by Gasteiger charge is -2.34. The molecule has 1 saturated heterocycles. The van der Waals surface area contributed by atoms with Gasteiger partial charge in [-0.05, 0) is 57.6 Å². The van der Waals surface area contributed by atoms with Crippen LogP contribution in [-0.2, 0) is 4.74 Å². The minimum Gasteiger partial charge on any atom is -0.444 e. The molecule has 128 valence electrons. The van der Waals surface area contributed by atoms with Gasteiger partial charge in [0.1, 0.15) is 5.60 Å². The molecule has 0 aliphatic carbocycles. The highest BCUT2D eigenvalue weighted by Gasteiger charge is 2.28. The summed E-state index contributed by atoms with van der Waals surface area (Å²) in [6.07, 6.45) is 1.62. The van der Waals surface area contributed by atoms with Crippen LogP contribution in [0.4, 0.5) is 4.79 Å². The Bertz CT molecular complexity index is 533. The molecule has 1 fully saturated rings. The molecule has 5 heteroatoms. The van der Waals surface area contributed by atoms with Gasteiger partial charge in [-0.15, -0.1) is 0 Å². The Kier molecular flexibility index (Phi) is 5.93. The van der Waals surface area contributed by atoms with Crippen LogP contribution in [0.2, 0.25) is 5.02 Å². The second-order valence-electron chi connectivity index (χ2n) is 7.18. The van der Waals surface area contributed by atoms with Crippen molar-refractivity contribution in [3.63, 3.8) is 0 Å². The normalized spacial score (nSPS) is 17.9. The van der Waals surface area contributed by atoms with Crippen molar-refractivity contribution < 1.29 is 14.6 Å². The van der Waals surface area contributed by atoms with Gasteiger partial charge in [-0.3, -0.25) is 0 Å².